The summed E-state index contributed by atoms with van der Waals surface area (Å²) in [5, 5.41) is 3.30. The Morgan fingerprint density at radius 3 is 2.69 bits per heavy atom. The van der Waals surface area contributed by atoms with Crippen LogP contribution in [0.5, 0.6) is 0 Å². The third-order valence-corrected chi connectivity index (χ3v) is 1.64. The predicted octanol–water partition coefficient (Wildman–Crippen LogP) is 3.34. The second-order valence-electron chi connectivity index (χ2n) is 2.55. The number of rotatable bonds is 2. The molecule has 13 heavy (non-hydrogen) atoms. The van der Waals surface area contributed by atoms with E-state index in [2.05, 4.69) is 10.0 Å². The summed E-state index contributed by atoms with van der Waals surface area (Å²) in [6.07, 6.45) is 0. The summed E-state index contributed by atoms with van der Waals surface area (Å²) < 4.78 is 25.5. The van der Waals surface area contributed by atoms with Crippen molar-refractivity contribution in [3.05, 3.63) is 45.8 Å². The fraction of sp³-hybridized carbons (Fsp3) is 0.250. The number of benzene rings is 1. The molecule has 0 saturated heterocycles. The zero-order valence-electron chi connectivity index (χ0n) is 6.91. The van der Waals surface area contributed by atoms with Crippen LogP contribution in [-0.4, -0.2) is 0 Å². The maximum absolute atomic E-state index is 13.0. The molecule has 1 rings (SSSR count). The molecule has 0 aliphatic heterocycles. The third-order valence-electron chi connectivity index (χ3n) is 1.64. The Morgan fingerprint density at radius 2 is 2.15 bits per heavy atom. The van der Waals surface area contributed by atoms with Gasteiger partial charge in [-0.2, -0.15) is 0 Å². The molecule has 1 aromatic carbocycles. The molecule has 0 aliphatic carbocycles. The molecular formula is C8H7F2N3. The van der Waals surface area contributed by atoms with E-state index in [-0.39, 0.29) is 5.56 Å². The molecule has 68 valence electrons. The lowest BCUT2D eigenvalue weighted by Crippen LogP contribution is -1.94. The van der Waals surface area contributed by atoms with Crippen LogP contribution in [0.25, 0.3) is 10.4 Å². The van der Waals surface area contributed by atoms with E-state index >= 15 is 0 Å². The smallest absolute Gasteiger partial charge is 0.129 e. The molecule has 0 spiro atoms. The minimum atomic E-state index is -0.695. The molecular weight excluding hydrogens is 176 g/mol. The first-order chi connectivity index (χ1) is 6.15. The van der Waals surface area contributed by atoms with E-state index in [9.17, 15) is 8.78 Å². The van der Waals surface area contributed by atoms with Gasteiger partial charge < -0.3 is 0 Å². The van der Waals surface area contributed by atoms with Gasteiger partial charge in [0.2, 0.25) is 0 Å². The van der Waals surface area contributed by atoms with Gasteiger partial charge in [-0.1, -0.05) is 18.1 Å². The van der Waals surface area contributed by atoms with E-state index < -0.39 is 17.7 Å². The van der Waals surface area contributed by atoms with Crippen molar-refractivity contribution in [2.75, 3.05) is 0 Å². The van der Waals surface area contributed by atoms with Gasteiger partial charge in [0.05, 0.1) is 6.04 Å². The molecule has 0 unspecified atom stereocenters. The van der Waals surface area contributed by atoms with Crippen LogP contribution >= 0.6 is 0 Å². The molecule has 0 saturated carbocycles. The largest absolute Gasteiger partial charge is 0.207 e. The Balaban J connectivity index is 3.08. The van der Waals surface area contributed by atoms with Crippen LogP contribution in [0.3, 0.4) is 0 Å². The molecule has 0 fully saturated rings. The molecule has 3 nitrogen and oxygen atoms in total. The van der Waals surface area contributed by atoms with E-state index in [1.54, 1.807) is 0 Å². The molecule has 0 amide bonds. The normalized spacial score (nSPS) is 11.9. The first-order valence-corrected chi connectivity index (χ1v) is 3.64. The molecule has 5 heteroatoms. The van der Waals surface area contributed by atoms with Crippen molar-refractivity contribution in [2.45, 2.75) is 13.0 Å². The zero-order valence-corrected chi connectivity index (χ0v) is 6.91. The lowest BCUT2D eigenvalue weighted by atomic mass is 10.1. The van der Waals surface area contributed by atoms with Gasteiger partial charge >= 0.3 is 0 Å². The van der Waals surface area contributed by atoms with Crippen LogP contribution in [0.2, 0.25) is 0 Å². The lowest BCUT2D eigenvalue weighted by Gasteiger charge is -2.05. The molecule has 1 atom stereocenters. The van der Waals surface area contributed by atoms with E-state index in [4.69, 9.17) is 5.53 Å². The number of halogens is 2. The maximum atomic E-state index is 13.0. The fourth-order valence-corrected chi connectivity index (χ4v) is 0.980. The number of hydrogen-bond acceptors (Lipinski definition) is 1. The van der Waals surface area contributed by atoms with Gasteiger partial charge in [-0.05, 0) is 17.2 Å². The predicted molar refractivity (Wildman–Crippen MR) is 43.9 cm³/mol. The van der Waals surface area contributed by atoms with Gasteiger partial charge in [0.25, 0.3) is 0 Å². The van der Waals surface area contributed by atoms with Gasteiger partial charge in [0.15, 0.2) is 0 Å². The monoisotopic (exact) mass is 183 g/mol. The molecule has 0 aliphatic rings. The Morgan fingerprint density at radius 1 is 1.46 bits per heavy atom. The summed E-state index contributed by atoms with van der Waals surface area (Å²) in [6.45, 7) is 1.54. The molecule has 0 bridgehead atoms. The highest BCUT2D eigenvalue weighted by atomic mass is 19.1. The fourth-order valence-electron chi connectivity index (χ4n) is 0.980. The Labute approximate surface area is 73.6 Å². The van der Waals surface area contributed by atoms with E-state index in [0.717, 1.165) is 12.1 Å². The van der Waals surface area contributed by atoms with Gasteiger partial charge in [0.1, 0.15) is 11.6 Å². The third kappa shape index (κ3) is 2.16. The summed E-state index contributed by atoms with van der Waals surface area (Å²) in [5.74, 6) is -1.34. The summed E-state index contributed by atoms with van der Waals surface area (Å²) in [5.41, 5.74) is 8.30. The standard InChI is InChI=1S/C8H7F2N3/c1-5(12-13-11)7-3-2-6(9)4-8(7)10/h2-5H,1H3/t5-/m0/s1. The topological polar surface area (TPSA) is 48.8 Å². The maximum Gasteiger partial charge on any atom is 0.129 e. The van der Waals surface area contributed by atoms with E-state index in [0.29, 0.717) is 0 Å². The average Bonchev–Trinajstić information content (AvgIpc) is 2.04. The SMILES string of the molecule is C[C@H](N=[N+]=[N-])c1ccc(F)cc1F. The van der Waals surface area contributed by atoms with Gasteiger partial charge in [-0.25, -0.2) is 8.78 Å². The first kappa shape index (κ1) is 9.48. The first-order valence-electron chi connectivity index (χ1n) is 3.64. The quantitative estimate of drug-likeness (QED) is 0.383. The van der Waals surface area contributed by atoms with Crippen LogP contribution in [-0.2, 0) is 0 Å². The van der Waals surface area contributed by atoms with Gasteiger partial charge in [-0.3, -0.25) is 0 Å². The summed E-state index contributed by atoms with van der Waals surface area (Å²) in [4.78, 5) is 2.54. The number of hydrogen-bond donors (Lipinski definition) is 0. The highest BCUT2D eigenvalue weighted by molar-refractivity contribution is 5.21. The number of azide groups is 1. The average molecular weight is 183 g/mol. The van der Waals surface area contributed by atoms with E-state index in [1.165, 1.54) is 13.0 Å². The van der Waals surface area contributed by atoms with Crippen LogP contribution < -0.4 is 0 Å². The summed E-state index contributed by atoms with van der Waals surface area (Å²) >= 11 is 0. The van der Waals surface area contributed by atoms with Crippen molar-refractivity contribution in [3.63, 3.8) is 0 Å². The van der Waals surface area contributed by atoms with Crippen LogP contribution in [0, 0.1) is 11.6 Å². The second-order valence-corrected chi connectivity index (χ2v) is 2.55. The lowest BCUT2D eigenvalue weighted by molar-refractivity contribution is 0.562. The molecule has 0 aromatic heterocycles. The van der Waals surface area contributed by atoms with Crippen LogP contribution in [0.1, 0.15) is 18.5 Å². The molecule has 1 aromatic rings. The molecule has 0 radical (unpaired) electrons. The van der Waals surface area contributed by atoms with Crippen molar-refractivity contribution in [1.29, 1.82) is 0 Å². The number of nitrogens with zero attached hydrogens (tertiary/aromatic N) is 3. The summed E-state index contributed by atoms with van der Waals surface area (Å²) in [7, 11) is 0. The van der Waals surface area contributed by atoms with Crippen molar-refractivity contribution in [1.82, 2.24) is 0 Å². The van der Waals surface area contributed by atoms with Crippen molar-refractivity contribution in [2.24, 2.45) is 5.11 Å². The zero-order chi connectivity index (χ0) is 9.84. The minimum absolute atomic E-state index is 0.194. The van der Waals surface area contributed by atoms with Gasteiger partial charge in [-0.15, -0.1) is 0 Å². The highest BCUT2D eigenvalue weighted by Gasteiger charge is 2.09. The van der Waals surface area contributed by atoms with Crippen LogP contribution in [0.15, 0.2) is 23.3 Å². The Kier molecular flexibility index (Phi) is 2.82. The van der Waals surface area contributed by atoms with Gasteiger partial charge in [0, 0.05) is 11.0 Å². The Bertz CT molecular complexity index is 358. The summed E-state index contributed by atoms with van der Waals surface area (Å²) in [6, 6.07) is 2.54. The molecule has 0 N–H and O–H groups in total. The molecule has 0 heterocycles. The second kappa shape index (κ2) is 3.87. The van der Waals surface area contributed by atoms with Crippen molar-refractivity contribution >= 4 is 0 Å². The minimum Gasteiger partial charge on any atom is -0.207 e. The highest BCUT2D eigenvalue weighted by Crippen LogP contribution is 2.20. The van der Waals surface area contributed by atoms with Crippen molar-refractivity contribution < 1.29 is 8.78 Å². The Hall–Kier alpha value is -1.61. The van der Waals surface area contributed by atoms with Crippen molar-refractivity contribution in [3.8, 4) is 0 Å². The van der Waals surface area contributed by atoms with Crippen LogP contribution in [0.4, 0.5) is 8.78 Å². The van der Waals surface area contributed by atoms with E-state index in [1.807, 2.05) is 0 Å².